The number of ether oxygens (including phenoxy) is 1. The van der Waals surface area contributed by atoms with Crippen molar-refractivity contribution < 1.29 is 45.1 Å². The van der Waals surface area contributed by atoms with Gasteiger partial charge in [-0.3, -0.25) is 9.59 Å². The first-order valence-electron chi connectivity index (χ1n) is 16.1. The van der Waals surface area contributed by atoms with Crippen LogP contribution in [-0.2, 0) is 32.1 Å². The highest BCUT2D eigenvalue weighted by molar-refractivity contribution is 7.23. The van der Waals surface area contributed by atoms with Gasteiger partial charge >= 0.3 is 18.3 Å². The lowest BCUT2D eigenvalue weighted by Gasteiger charge is -2.32. The number of benzene rings is 2. The van der Waals surface area contributed by atoms with Crippen LogP contribution in [0.4, 0.5) is 42.2 Å². The van der Waals surface area contributed by atoms with Crippen LogP contribution in [0, 0.1) is 18.7 Å². The first kappa shape index (κ1) is 37.1. The number of hydrogen-bond donors (Lipinski definition) is 1. The molecule has 50 heavy (non-hydrogen) atoms. The lowest BCUT2D eigenvalue weighted by molar-refractivity contribution is -0.145. The molecular formula is C36H36F7N3O3S. The molecule has 2 aromatic heterocycles. The number of ketones is 1. The van der Waals surface area contributed by atoms with E-state index in [-0.39, 0.29) is 18.0 Å². The Morgan fingerprint density at radius 2 is 1.58 bits per heavy atom. The summed E-state index contributed by atoms with van der Waals surface area (Å²) in [5.41, 5.74) is -3.37. The molecule has 1 aliphatic rings. The van der Waals surface area contributed by atoms with E-state index in [0.717, 1.165) is 17.5 Å². The van der Waals surface area contributed by atoms with E-state index in [1.165, 1.54) is 37.3 Å². The Hall–Kier alpha value is -4.20. The number of aromatic nitrogens is 1. The number of carbonyl (C=O) groups is 2. The third-order valence-electron chi connectivity index (χ3n) is 9.13. The lowest BCUT2D eigenvalue weighted by Crippen LogP contribution is -2.35. The van der Waals surface area contributed by atoms with Gasteiger partial charge in [-0.1, -0.05) is 6.07 Å². The zero-order chi connectivity index (χ0) is 36.6. The summed E-state index contributed by atoms with van der Waals surface area (Å²) in [5.74, 6) is -0.464. The molecule has 0 bridgehead atoms. The predicted octanol–water partition coefficient (Wildman–Crippen LogP) is 9.58. The molecule has 5 rings (SSSR count). The first-order chi connectivity index (χ1) is 23.4. The minimum Gasteiger partial charge on any atom is -0.466 e. The summed E-state index contributed by atoms with van der Waals surface area (Å²) in [7, 11) is 0. The topological polar surface area (TPSA) is 71.5 Å². The Balaban J connectivity index is 1.49. The van der Waals surface area contributed by atoms with Crippen molar-refractivity contribution in [3.8, 4) is 10.4 Å². The number of anilines is 2. The number of fused-ring (bicyclic) bond motifs is 1. The number of carbonyl (C=O) groups excluding carboxylic acids is 2. The normalized spacial score (nSPS) is 14.7. The number of nitrogens with one attached hydrogen (secondary N) is 1. The average Bonchev–Trinajstić information content (AvgIpc) is 3.41. The molecule has 1 saturated heterocycles. The van der Waals surface area contributed by atoms with Gasteiger partial charge in [-0.25, -0.2) is 9.37 Å². The van der Waals surface area contributed by atoms with E-state index < -0.39 is 52.6 Å². The molecule has 1 N–H and O–H groups in total. The van der Waals surface area contributed by atoms with Crippen molar-refractivity contribution in [3.05, 3.63) is 76.7 Å². The fraction of sp³-hybridized carbons (Fsp3) is 0.417. The smallest absolute Gasteiger partial charge is 0.416 e. The van der Waals surface area contributed by atoms with Crippen LogP contribution in [0.1, 0.15) is 62.3 Å². The standard InChI is InChI=1S/C36H36F7N3O3S/c1-5-49-29(48)15-21-9-12-46(13-10-21)33-32-27(8-11-44-33)30(31(50-32)26-7-6-25(37)14-20(26)2)45-19-28(47)34(3,4)22-16-23(35(38,39)40)18-24(17-22)36(41,42)43/h6-8,11,14,16-18,21,45H,5,9-10,12-13,15,19H2,1-4H3. The monoisotopic (exact) mass is 723 g/mol. The highest BCUT2D eigenvalue weighted by Gasteiger charge is 2.40. The summed E-state index contributed by atoms with van der Waals surface area (Å²) in [6.07, 6.45) is -6.68. The molecule has 3 heterocycles. The second-order valence-corrected chi connectivity index (χ2v) is 13.9. The van der Waals surface area contributed by atoms with E-state index >= 15 is 0 Å². The fourth-order valence-electron chi connectivity index (χ4n) is 6.15. The predicted molar refractivity (Wildman–Crippen MR) is 179 cm³/mol. The Labute approximate surface area is 288 Å². The zero-order valence-electron chi connectivity index (χ0n) is 27.8. The van der Waals surface area contributed by atoms with Crippen LogP contribution in [-0.4, -0.2) is 43.0 Å². The van der Waals surface area contributed by atoms with Crippen molar-refractivity contribution in [1.29, 1.82) is 0 Å². The van der Waals surface area contributed by atoms with Crippen molar-refractivity contribution in [2.75, 3.05) is 36.5 Å². The quantitative estimate of drug-likeness (QED) is 0.130. The number of rotatable bonds is 10. The minimum absolute atomic E-state index is 0.0333. The summed E-state index contributed by atoms with van der Waals surface area (Å²) < 4.78 is 102. The Bertz CT molecular complexity index is 1860. The molecule has 0 atom stereocenters. The molecule has 4 aromatic rings. The van der Waals surface area contributed by atoms with E-state index in [0.29, 0.717) is 71.1 Å². The maximum Gasteiger partial charge on any atom is 0.416 e. The van der Waals surface area contributed by atoms with Crippen molar-refractivity contribution in [2.45, 2.75) is 64.7 Å². The number of Topliss-reactive ketones (excluding diaryl/α,β-unsaturated/α-hetero) is 1. The number of aryl methyl sites for hydroxylation is 1. The third kappa shape index (κ3) is 7.90. The maximum absolute atomic E-state index is 14.1. The molecule has 1 aliphatic heterocycles. The van der Waals surface area contributed by atoms with Gasteiger partial charge in [-0.2, -0.15) is 26.3 Å². The summed E-state index contributed by atoms with van der Waals surface area (Å²) in [5, 5.41) is 3.83. The number of nitrogens with zero attached hydrogens (tertiary/aromatic N) is 2. The van der Waals surface area contributed by atoms with Gasteiger partial charge < -0.3 is 15.0 Å². The van der Waals surface area contributed by atoms with Gasteiger partial charge in [0.05, 0.1) is 45.0 Å². The summed E-state index contributed by atoms with van der Waals surface area (Å²) in [6.45, 7) is 7.23. The molecule has 0 saturated carbocycles. The minimum atomic E-state index is -5.06. The maximum atomic E-state index is 14.1. The molecule has 0 spiro atoms. The van der Waals surface area contributed by atoms with Crippen LogP contribution in [0.5, 0.6) is 0 Å². The highest BCUT2D eigenvalue weighted by atomic mass is 32.1. The van der Waals surface area contributed by atoms with Crippen LogP contribution in [0.2, 0.25) is 0 Å². The van der Waals surface area contributed by atoms with Crippen molar-refractivity contribution in [2.24, 2.45) is 5.92 Å². The molecule has 0 unspecified atom stereocenters. The van der Waals surface area contributed by atoms with Gasteiger partial charge in [-0.15, -0.1) is 11.3 Å². The van der Waals surface area contributed by atoms with E-state index in [1.807, 2.05) is 0 Å². The number of piperidine rings is 1. The fourth-order valence-corrected chi connectivity index (χ4v) is 7.53. The SMILES string of the molecule is CCOC(=O)CC1CCN(c2nccc3c(NCC(=O)C(C)(C)c4cc(C(F)(F)F)cc(C(F)(F)F)c4)c(-c4ccc(F)cc4C)sc23)CC1. The average molecular weight is 724 g/mol. The first-order valence-corrected chi connectivity index (χ1v) is 16.9. The van der Waals surface area contributed by atoms with Gasteiger partial charge in [0.2, 0.25) is 0 Å². The molecule has 2 aromatic carbocycles. The number of pyridine rings is 1. The summed E-state index contributed by atoms with van der Waals surface area (Å²) in [4.78, 5) is 33.2. The second-order valence-electron chi connectivity index (χ2n) is 12.9. The van der Waals surface area contributed by atoms with Crippen LogP contribution < -0.4 is 10.2 Å². The largest absolute Gasteiger partial charge is 0.466 e. The highest BCUT2D eigenvalue weighted by Crippen LogP contribution is 2.47. The number of halogens is 7. The van der Waals surface area contributed by atoms with Crippen molar-refractivity contribution in [1.82, 2.24) is 4.98 Å². The zero-order valence-corrected chi connectivity index (χ0v) is 28.6. The van der Waals surface area contributed by atoms with E-state index in [1.54, 1.807) is 32.2 Å². The van der Waals surface area contributed by atoms with Gasteiger partial charge in [0.1, 0.15) is 11.6 Å². The molecule has 0 aliphatic carbocycles. The molecular weight excluding hydrogens is 687 g/mol. The van der Waals surface area contributed by atoms with Crippen molar-refractivity contribution >= 4 is 44.7 Å². The molecule has 0 amide bonds. The molecule has 6 nitrogen and oxygen atoms in total. The third-order valence-corrected chi connectivity index (χ3v) is 10.4. The molecule has 268 valence electrons. The van der Waals surface area contributed by atoms with Gasteiger partial charge in [0.25, 0.3) is 0 Å². The number of hydrogen-bond acceptors (Lipinski definition) is 7. The van der Waals surface area contributed by atoms with E-state index in [2.05, 4.69) is 15.2 Å². The lowest BCUT2D eigenvalue weighted by atomic mass is 9.79. The Morgan fingerprint density at radius 1 is 0.960 bits per heavy atom. The Morgan fingerprint density at radius 3 is 2.16 bits per heavy atom. The molecule has 0 radical (unpaired) electrons. The number of thiophene rings is 1. The number of esters is 1. The second kappa shape index (κ2) is 14.2. The Kier molecular flexibility index (Phi) is 10.5. The van der Waals surface area contributed by atoms with E-state index in [4.69, 9.17) is 4.74 Å². The van der Waals surface area contributed by atoms with Gasteiger partial charge in [-0.05, 0) is 99.5 Å². The number of alkyl halides is 6. The van der Waals surface area contributed by atoms with E-state index in [9.17, 15) is 40.3 Å². The van der Waals surface area contributed by atoms with Crippen LogP contribution in [0.25, 0.3) is 20.5 Å². The van der Waals surface area contributed by atoms with Crippen LogP contribution in [0.15, 0.2) is 48.7 Å². The summed E-state index contributed by atoms with van der Waals surface area (Å²) >= 11 is 1.38. The van der Waals surface area contributed by atoms with Gasteiger partial charge in [0.15, 0.2) is 5.78 Å². The van der Waals surface area contributed by atoms with Crippen LogP contribution in [0.3, 0.4) is 0 Å². The van der Waals surface area contributed by atoms with Crippen LogP contribution >= 0.6 is 11.3 Å². The van der Waals surface area contributed by atoms with Gasteiger partial charge in [0, 0.05) is 31.1 Å². The molecule has 14 heteroatoms. The van der Waals surface area contributed by atoms with Crippen molar-refractivity contribution in [3.63, 3.8) is 0 Å². The molecule has 1 fully saturated rings. The summed E-state index contributed by atoms with van der Waals surface area (Å²) in [6, 6.07) is 7.24.